The molecule has 1 unspecified atom stereocenters. The van der Waals surface area contributed by atoms with E-state index in [1.54, 1.807) is 0 Å². The number of hydrogen-bond donors (Lipinski definition) is 2. The number of ether oxygens (including phenoxy) is 1. The van der Waals surface area contributed by atoms with Gasteiger partial charge in [-0.05, 0) is 11.5 Å². The first kappa shape index (κ1) is 16.0. The minimum atomic E-state index is -0.824. The number of amides is 2. The molecular formula is C15H22N2O3. The van der Waals surface area contributed by atoms with Crippen molar-refractivity contribution in [1.29, 1.82) is 0 Å². The molecule has 5 heteroatoms. The number of benzene rings is 1. The highest BCUT2D eigenvalue weighted by molar-refractivity contribution is 5.83. The molecule has 5 nitrogen and oxygen atoms in total. The lowest BCUT2D eigenvalue weighted by Crippen LogP contribution is -2.40. The fourth-order valence-electron chi connectivity index (χ4n) is 1.64. The van der Waals surface area contributed by atoms with Gasteiger partial charge in [0, 0.05) is 20.0 Å². The Morgan fingerprint density at radius 1 is 1.20 bits per heavy atom. The number of carbonyl (C=O) groups excluding carboxylic acids is 2. The van der Waals surface area contributed by atoms with Gasteiger partial charge in [-0.2, -0.15) is 0 Å². The Morgan fingerprint density at radius 2 is 1.85 bits per heavy atom. The third-order valence-electron chi connectivity index (χ3n) is 2.71. The van der Waals surface area contributed by atoms with Crippen LogP contribution >= 0.6 is 0 Å². The van der Waals surface area contributed by atoms with Crippen molar-refractivity contribution in [2.24, 2.45) is 5.92 Å². The summed E-state index contributed by atoms with van der Waals surface area (Å²) in [5.74, 6) is 0.0173. The van der Waals surface area contributed by atoms with E-state index in [1.165, 1.54) is 7.05 Å². The standard InChI is InChI=1S/C15H22N2O3/c1-11(2)10-17-15(19)20-13(14(18)16-3)9-12-7-5-4-6-8-12/h4-8,11,13H,9-10H2,1-3H3,(H,16,18)(H,17,19). The number of likely N-dealkylation sites (N-methyl/N-ethyl adjacent to an activating group) is 1. The second-order valence-electron chi connectivity index (χ2n) is 4.97. The number of nitrogens with one attached hydrogen (secondary N) is 2. The molecule has 0 bridgehead atoms. The monoisotopic (exact) mass is 278 g/mol. The van der Waals surface area contributed by atoms with E-state index in [1.807, 2.05) is 44.2 Å². The first-order valence-corrected chi connectivity index (χ1v) is 6.73. The van der Waals surface area contributed by atoms with Crippen molar-refractivity contribution in [1.82, 2.24) is 10.6 Å². The number of alkyl carbamates (subject to hydrolysis) is 1. The van der Waals surface area contributed by atoms with Crippen molar-refractivity contribution in [2.45, 2.75) is 26.4 Å². The Bertz CT molecular complexity index is 432. The third-order valence-corrected chi connectivity index (χ3v) is 2.71. The lowest BCUT2D eigenvalue weighted by Gasteiger charge is -2.17. The summed E-state index contributed by atoms with van der Waals surface area (Å²) in [5.41, 5.74) is 0.942. The molecule has 1 aromatic carbocycles. The van der Waals surface area contributed by atoms with Gasteiger partial charge in [0.15, 0.2) is 6.10 Å². The van der Waals surface area contributed by atoms with Gasteiger partial charge in [0.2, 0.25) is 0 Å². The van der Waals surface area contributed by atoms with Crippen LogP contribution in [0.2, 0.25) is 0 Å². The predicted molar refractivity (Wildman–Crippen MR) is 77.3 cm³/mol. The zero-order chi connectivity index (χ0) is 15.0. The summed E-state index contributed by atoms with van der Waals surface area (Å²) in [6.45, 7) is 4.49. The van der Waals surface area contributed by atoms with Gasteiger partial charge in [-0.15, -0.1) is 0 Å². The Labute approximate surface area is 119 Å². The van der Waals surface area contributed by atoms with E-state index in [-0.39, 0.29) is 5.91 Å². The van der Waals surface area contributed by atoms with E-state index >= 15 is 0 Å². The van der Waals surface area contributed by atoms with Gasteiger partial charge in [0.1, 0.15) is 0 Å². The molecule has 0 radical (unpaired) electrons. The molecule has 0 saturated heterocycles. The molecule has 2 amide bonds. The lowest BCUT2D eigenvalue weighted by atomic mass is 10.1. The van der Waals surface area contributed by atoms with Crippen LogP contribution in [0.3, 0.4) is 0 Å². The molecule has 2 N–H and O–H groups in total. The van der Waals surface area contributed by atoms with E-state index in [0.29, 0.717) is 18.9 Å². The van der Waals surface area contributed by atoms with Crippen LogP contribution in [-0.2, 0) is 16.0 Å². The maximum atomic E-state index is 11.8. The topological polar surface area (TPSA) is 67.4 Å². The molecule has 20 heavy (non-hydrogen) atoms. The van der Waals surface area contributed by atoms with Gasteiger partial charge in [-0.1, -0.05) is 44.2 Å². The molecule has 0 aliphatic rings. The van der Waals surface area contributed by atoms with E-state index in [0.717, 1.165) is 5.56 Å². The Hall–Kier alpha value is -2.04. The zero-order valence-electron chi connectivity index (χ0n) is 12.2. The fourth-order valence-corrected chi connectivity index (χ4v) is 1.64. The second-order valence-corrected chi connectivity index (χ2v) is 4.97. The van der Waals surface area contributed by atoms with E-state index in [9.17, 15) is 9.59 Å². The SMILES string of the molecule is CNC(=O)C(Cc1ccccc1)OC(=O)NCC(C)C. The predicted octanol–water partition coefficient (Wildman–Crippen LogP) is 1.73. The summed E-state index contributed by atoms with van der Waals surface area (Å²) < 4.78 is 5.20. The summed E-state index contributed by atoms with van der Waals surface area (Å²) in [7, 11) is 1.52. The van der Waals surface area contributed by atoms with Crippen molar-refractivity contribution >= 4 is 12.0 Å². The molecule has 0 aliphatic heterocycles. The molecule has 1 atom stereocenters. The van der Waals surface area contributed by atoms with Crippen LogP contribution in [-0.4, -0.2) is 31.7 Å². The average molecular weight is 278 g/mol. The van der Waals surface area contributed by atoms with E-state index < -0.39 is 12.2 Å². The van der Waals surface area contributed by atoms with Gasteiger partial charge >= 0.3 is 6.09 Å². The molecule has 1 rings (SSSR count). The zero-order valence-corrected chi connectivity index (χ0v) is 12.2. The van der Waals surface area contributed by atoms with Crippen molar-refractivity contribution in [3.05, 3.63) is 35.9 Å². The van der Waals surface area contributed by atoms with Crippen LogP contribution in [0.1, 0.15) is 19.4 Å². The fraction of sp³-hybridized carbons (Fsp3) is 0.467. The van der Waals surface area contributed by atoms with E-state index in [4.69, 9.17) is 4.74 Å². The molecule has 0 spiro atoms. The van der Waals surface area contributed by atoms with Gasteiger partial charge in [-0.3, -0.25) is 4.79 Å². The summed E-state index contributed by atoms with van der Waals surface area (Å²) in [6, 6.07) is 9.45. The quantitative estimate of drug-likeness (QED) is 0.832. The molecule has 0 heterocycles. The van der Waals surface area contributed by atoms with Crippen molar-refractivity contribution in [2.75, 3.05) is 13.6 Å². The molecule has 0 saturated carbocycles. The highest BCUT2D eigenvalue weighted by Gasteiger charge is 2.22. The first-order valence-electron chi connectivity index (χ1n) is 6.73. The van der Waals surface area contributed by atoms with Crippen LogP contribution in [0.5, 0.6) is 0 Å². The smallest absolute Gasteiger partial charge is 0.407 e. The summed E-state index contributed by atoms with van der Waals surface area (Å²) >= 11 is 0. The highest BCUT2D eigenvalue weighted by Crippen LogP contribution is 2.07. The number of hydrogen-bond acceptors (Lipinski definition) is 3. The molecular weight excluding hydrogens is 256 g/mol. The summed E-state index contributed by atoms with van der Waals surface area (Å²) in [4.78, 5) is 23.4. The average Bonchev–Trinajstić information content (AvgIpc) is 2.44. The largest absolute Gasteiger partial charge is 0.436 e. The van der Waals surface area contributed by atoms with Gasteiger partial charge in [0.05, 0.1) is 0 Å². The molecule has 0 aliphatic carbocycles. The lowest BCUT2D eigenvalue weighted by molar-refractivity contribution is -0.129. The van der Waals surface area contributed by atoms with Crippen LogP contribution in [0.4, 0.5) is 4.79 Å². The highest BCUT2D eigenvalue weighted by atomic mass is 16.6. The van der Waals surface area contributed by atoms with Gasteiger partial charge in [-0.25, -0.2) is 4.79 Å². The normalized spacial score (nSPS) is 11.8. The first-order chi connectivity index (χ1) is 9.52. The molecule has 0 aromatic heterocycles. The van der Waals surface area contributed by atoms with Crippen LogP contribution < -0.4 is 10.6 Å². The summed E-state index contributed by atoms with van der Waals surface area (Å²) in [6.07, 6.45) is -1.03. The number of rotatable bonds is 6. The van der Waals surface area contributed by atoms with Crippen LogP contribution in [0.15, 0.2) is 30.3 Å². The second kappa shape index (κ2) is 8.19. The molecule has 110 valence electrons. The minimum absolute atomic E-state index is 0.312. The van der Waals surface area contributed by atoms with Crippen LogP contribution in [0.25, 0.3) is 0 Å². The van der Waals surface area contributed by atoms with Gasteiger partial charge < -0.3 is 15.4 Å². The van der Waals surface area contributed by atoms with E-state index in [2.05, 4.69) is 10.6 Å². The van der Waals surface area contributed by atoms with Gasteiger partial charge in [0.25, 0.3) is 5.91 Å². The Kier molecular flexibility index (Phi) is 6.56. The molecule has 1 aromatic rings. The maximum Gasteiger partial charge on any atom is 0.407 e. The minimum Gasteiger partial charge on any atom is -0.436 e. The number of carbonyl (C=O) groups is 2. The summed E-state index contributed by atoms with van der Waals surface area (Å²) in [5, 5.41) is 5.15. The van der Waals surface area contributed by atoms with Crippen molar-refractivity contribution in [3.63, 3.8) is 0 Å². The van der Waals surface area contributed by atoms with Crippen molar-refractivity contribution in [3.8, 4) is 0 Å². The Morgan fingerprint density at radius 3 is 2.40 bits per heavy atom. The third kappa shape index (κ3) is 5.73. The molecule has 0 fully saturated rings. The maximum absolute atomic E-state index is 11.8. The van der Waals surface area contributed by atoms with Crippen LogP contribution in [0, 0.1) is 5.92 Å². The van der Waals surface area contributed by atoms with Crippen molar-refractivity contribution < 1.29 is 14.3 Å². The Balaban J connectivity index is 2.61.